The van der Waals surface area contributed by atoms with Crippen molar-refractivity contribution >= 4 is 10.0 Å². The summed E-state index contributed by atoms with van der Waals surface area (Å²) in [5.41, 5.74) is -0.0568. The van der Waals surface area contributed by atoms with E-state index in [9.17, 15) is 21.6 Å². The molecule has 2 rings (SSSR count). The molecule has 0 aromatic heterocycles. The molecule has 0 heterocycles. The van der Waals surface area contributed by atoms with E-state index in [1.54, 1.807) is 0 Å². The highest BCUT2D eigenvalue weighted by Gasteiger charge is 2.30. The first kappa shape index (κ1) is 16.5. The molecule has 22 heavy (non-hydrogen) atoms. The molecule has 0 aliphatic heterocycles. The van der Waals surface area contributed by atoms with E-state index in [4.69, 9.17) is 0 Å². The maximum Gasteiger partial charge on any atom is 0.416 e. The number of sulfonamides is 1. The van der Waals surface area contributed by atoms with Crippen LogP contribution in [0.2, 0.25) is 0 Å². The number of rotatable bonds is 3. The Morgan fingerprint density at radius 2 is 1.64 bits per heavy atom. The summed E-state index contributed by atoms with van der Waals surface area (Å²) in [6.07, 6.45) is -4.43. The van der Waals surface area contributed by atoms with Crippen LogP contribution in [0, 0.1) is 6.07 Å². The number of alkyl halides is 3. The zero-order valence-electron chi connectivity index (χ0n) is 11.8. The second-order valence-corrected chi connectivity index (χ2v) is 6.95. The summed E-state index contributed by atoms with van der Waals surface area (Å²) in [7, 11) is -0.751. The summed E-state index contributed by atoms with van der Waals surface area (Å²) in [6.45, 7) is 0. The Labute approximate surface area is 127 Å². The van der Waals surface area contributed by atoms with Gasteiger partial charge in [-0.2, -0.15) is 13.2 Å². The van der Waals surface area contributed by atoms with Crippen LogP contribution in [0.25, 0.3) is 11.1 Å². The van der Waals surface area contributed by atoms with Crippen LogP contribution in [0.1, 0.15) is 5.56 Å². The third-order valence-corrected chi connectivity index (χ3v) is 4.90. The number of benzene rings is 2. The first-order valence-corrected chi connectivity index (χ1v) is 7.68. The molecule has 2 aromatic carbocycles. The van der Waals surface area contributed by atoms with Gasteiger partial charge in [0.25, 0.3) is 0 Å². The molecule has 0 spiro atoms. The lowest BCUT2D eigenvalue weighted by atomic mass is 10.0. The van der Waals surface area contributed by atoms with Crippen molar-refractivity contribution in [1.82, 2.24) is 4.31 Å². The smallest absolute Gasteiger partial charge is 0.207 e. The van der Waals surface area contributed by atoms with Crippen molar-refractivity contribution < 1.29 is 21.6 Å². The quantitative estimate of drug-likeness (QED) is 0.866. The monoisotopic (exact) mass is 328 g/mol. The van der Waals surface area contributed by atoms with Crippen LogP contribution < -0.4 is 0 Å². The van der Waals surface area contributed by atoms with Gasteiger partial charge < -0.3 is 0 Å². The minimum Gasteiger partial charge on any atom is -0.207 e. The molecule has 0 aliphatic carbocycles. The lowest BCUT2D eigenvalue weighted by molar-refractivity contribution is -0.137. The number of nitrogens with zero attached hydrogens (tertiary/aromatic N) is 1. The Morgan fingerprint density at radius 1 is 1.05 bits per heavy atom. The predicted molar refractivity (Wildman–Crippen MR) is 76.6 cm³/mol. The van der Waals surface area contributed by atoms with Gasteiger partial charge in [-0.1, -0.05) is 18.2 Å². The summed E-state index contributed by atoms with van der Waals surface area (Å²) < 4.78 is 63.0. The van der Waals surface area contributed by atoms with Crippen molar-refractivity contribution in [3.8, 4) is 11.1 Å². The molecule has 0 N–H and O–H groups in total. The highest BCUT2D eigenvalue weighted by atomic mass is 32.2. The van der Waals surface area contributed by atoms with Crippen LogP contribution in [0.5, 0.6) is 0 Å². The van der Waals surface area contributed by atoms with Gasteiger partial charge in [0, 0.05) is 14.1 Å². The maximum absolute atomic E-state index is 12.7. The second-order valence-electron chi connectivity index (χ2n) is 4.80. The Morgan fingerprint density at radius 3 is 2.14 bits per heavy atom. The van der Waals surface area contributed by atoms with Crippen molar-refractivity contribution in [2.75, 3.05) is 14.1 Å². The number of hydrogen-bond acceptors (Lipinski definition) is 2. The molecule has 0 unspecified atom stereocenters. The van der Waals surface area contributed by atoms with Gasteiger partial charge in [0.2, 0.25) is 10.0 Å². The molecule has 1 radical (unpaired) electrons. The van der Waals surface area contributed by atoms with Crippen LogP contribution in [-0.4, -0.2) is 26.8 Å². The van der Waals surface area contributed by atoms with E-state index in [1.807, 2.05) is 0 Å². The van der Waals surface area contributed by atoms with Crippen molar-refractivity contribution in [2.24, 2.45) is 0 Å². The highest BCUT2D eigenvalue weighted by molar-refractivity contribution is 7.89. The first-order chi connectivity index (χ1) is 10.1. The fourth-order valence-electron chi connectivity index (χ4n) is 1.83. The number of hydrogen-bond donors (Lipinski definition) is 0. The molecule has 0 aliphatic rings. The largest absolute Gasteiger partial charge is 0.416 e. The molecule has 0 atom stereocenters. The van der Waals surface area contributed by atoms with Gasteiger partial charge >= 0.3 is 6.18 Å². The summed E-state index contributed by atoms with van der Waals surface area (Å²) in [4.78, 5) is 0.0771. The fraction of sp³-hybridized carbons (Fsp3) is 0.200. The predicted octanol–water partition coefficient (Wildman–Crippen LogP) is 3.42. The van der Waals surface area contributed by atoms with Gasteiger partial charge in [-0.05, 0) is 41.5 Å². The van der Waals surface area contributed by atoms with Gasteiger partial charge in [0.05, 0.1) is 10.5 Å². The SMILES string of the molecule is CN(C)S(=O)(=O)c1ccc(-c2[c]ccc(C(F)(F)F)c2)cc1. The molecule has 0 amide bonds. The molecule has 117 valence electrons. The summed E-state index contributed by atoms with van der Waals surface area (Å²) in [5.74, 6) is 0. The fourth-order valence-corrected chi connectivity index (χ4v) is 2.73. The van der Waals surface area contributed by atoms with Crippen molar-refractivity contribution in [2.45, 2.75) is 11.1 Å². The van der Waals surface area contributed by atoms with E-state index < -0.39 is 21.8 Å². The molecular formula is C15H13F3NO2S. The Balaban J connectivity index is 2.40. The maximum atomic E-state index is 12.7. The standard InChI is InChI=1S/C15H13F3NO2S/c1-19(2)22(20,21)14-8-6-11(7-9-14)12-4-3-5-13(10-12)15(16,17)18/h3,5-10H,1-2H3. The summed E-state index contributed by atoms with van der Waals surface area (Å²) >= 11 is 0. The minimum absolute atomic E-state index is 0.0771. The van der Waals surface area contributed by atoms with Crippen molar-refractivity contribution in [3.05, 3.63) is 54.1 Å². The summed E-state index contributed by atoms with van der Waals surface area (Å²) in [5, 5.41) is 0. The molecule has 0 saturated heterocycles. The average molecular weight is 328 g/mol. The first-order valence-electron chi connectivity index (χ1n) is 6.24. The Hall–Kier alpha value is -1.86. The van der Waals surface area contributed by atoms with Crippen molar-refractivity contribution in [3.63, 3.8) is 0 Å². The Kier molecular flexibility index (Phi) is 4.30. The lowest BCUT2D eigenvalue weighted by Gasteiger charge is -2.12. The van der Waals surface area contributed by atoms with E-state index in [2.05, 4.69) is 6.07 Å². The minimum atomic E-state index is -4.43. The van der Waals surface area contributed by atoms with E-state index in [0.29, 0.717) is 5.56 Å². The van der Waals surface area contributed by atoms with Crippen molar-refractivity contribution in [1.29, 1.82) is 0 Å². The van der Waals surface area contributed by atoms with Crippen LogP contribution in [0.3, 0.4) is 0 Å². The van der Waals surface area contributed by atoms with Gasteiger partial charge in [0.1, 0.15) is 0 Å². The Bertz CT molecular complexity index is 766. The van der Waals surface area contributed by atoms with E-state index in [1.165, 1.54) is 44.4 Å². The topological polar surface area (TPSA) is 37.4 Å². The third kappa shape index (κ3) is 3.31. The van der Waals surface area contributed by atoms with Gasteiger partial charge in [-0.25, -0.2) is 12.7 Å². The van der Waals surface area contributed by atoms with E-state index in [-0.39, 0.29) is 10.5 Å². The second kappa shape index (κ2) is 5.73. The third-order valence-electron chi connectivity index (χ3n) is 3.07. The molecule has 3 nitrogen and oxygen atoms in total. The molecular weight excluding hydrogens is 315 g/mol. The van der Waals surface area contributed by atoms with Crippen LogP contribution >= 0.6 is 0 Å². The van der Waals surface area contributed by atoms with Gasteiger partial charge in [0.15, 0.2) is 0 Å². The highest BCUT2D eigenvalue weighted by Crippen LogP contribution is 2.32. The zero-order chi connectivity index (χ0) is 16.5. The molecule has 2 aromatic rings. The van der Waals surface area contributed by atoms with Crippen LogP contribution in [-0.2, 0) is 16.2 Å². The molecule has 0 bridgehead atoms. The normalized spacial score (nSPS) is 12.6. The molecule has 7 heteroatoms. The van der Waals surface area contributed by atoms with Gasteiger partial charge in [-0.3, -0.25) is 0 Å². The summed E-state index contributed by atoms with van der Waals surface area (Å²) in [6, 6.07) is 11.5. The number of halogens is 3. The average Bonchev–Trinajstić information content (AvgIpc) is 2.46. The zero-order valence-corrected chi connectivity index (χ0v) is 12.7. The molecule has 0 fully saturated rings. The van der Waals surface area contributed by atoms with E-state index >= 15 is 0 Å². The lowest BCUT2D eigenvalue weighted by Crippen LogP contribution is -2.22. The molecule has 0 saturated carbocycles. The van der Waals surface area contributed by atoms with Crippen LogP contribution in [0.4, 0.5) is 13.2 Å². The van der Waals surface area contributed by atoms with E-state index in [0.717, 1.165) is 16.4 Å². The van der Waals surface area contributed by atoms with Crippen LogP contribution in [0.15, 0.2) is 47.4 Å². The van der Waals surface area contributed by atoms with Gasteiger partial charge in [-0.15, -0.1) is 0 Å².